The number of fused-ring (bicyclic) bond motifs is 1. The molecule has 1 aromatic heterocycles. The van der Waals surface area contributed by atoms with Crippen LogP contribution in [0.4, 0.5) is 10.8 Å². The summed E-state index contributed by atoms with van der Waals surface area (Å²) in [4.78, 5) is 19.3. The summed E-state index contributed by atoms with van der Waals surface area (Å²) in [5.74, 6) is 0.0904. The summed E-state index contributed by atoms with van der Waals surface area (Å²) in [6.07, 6.45) is 0. The molecule has 2 aromatic carbocycles. The lowest BCUT2D eigenvalue weighted by molar-refractivity contribution is -0.120. The van der Waals surface area contributed by atoms with Crippen LogP contribution < -0.4 is 10.2 Å². The van der Waals surface area contributed by atoms with E-state index in [1.807, 2.05) is 25.1 Å². The zero-order valence-corrected chi connectivity index (χ0v) is 16.4. The van der Waals surface area contributed by atoms with Gasteiger partial charge in [-0.3, -0.25) is 4.79 Å². The average Bonchev–Trinajstić information content (AvgIpc) is 2.92. The smallest absolute Gasteiger partial charge is 0.231 e. The van der Waals surface area contributed by atoms with Crippen LogP contribution in [0.25, 0.3) is 10.2 Å². The molecular weight excluding hydrogens is 398 g/mol. The summed E-state index contributed by atoms with van der Waals surface area (Å²) in [6.45, 7) is 5.55. The van der Waals surface area contributed by atoms with Gasteiger partial charge in [0.05, 0.1) is 16.1 Å². The molecule has 4 rings (SSSR count). The molecular formula is C19H18BrN3OS. The molecule has 1 amide bonds. The average molecular weight is 416 g/mol. The van der Waals surface area contributed by atoms with Gasteiger partial charge in [-0.1, -0.05) is 33.3 Å². The molecule has 4 nitrogen and oxygen atoms in total. The van der Waals surface area contributed by atoms with Crippen LogP contribution in [0, 0.1) is 19.8 Å². The minimum Gasteiger partial charge on any atom is -0.346 e. The maximum absolute atomic E-state index is 12.4. The first-order valence-electron chi connectivity index (χ1n) is 8.19. The third kappa shape index (κ3) is 3.28. The van der Waals surface area contributed by atoms with Crippen molar-refractivity contribution in [3.8, 4) is 0 Å². The first-order chi connectivity index (χ1) is 12.0. The zero-order valence-electron chi connectivity index (χ0n) is 14.0. The predicted molar refractivity (Wildman–Crippen MR) is 108 cm³/mol. The highest BCUT2D eigenvalue weighted by Crippen LogP contribution is 2.33. The number of carbonyl (C=O) groups is 1. The van der Waals surface area contributed by atoms with Crippen molar-refractivity contribution in [2.24, 2.45) is 5.92 Å². The van der Waals surface area contributed by atoms with Gasteiger partial charge in [0, 0.05) is 23.2 Å². The van der Waals surface area contributed by atoms with Gasteiger partial charge in [-0.25, -0.2) is 4.98 Å². The second-order valence-corrected chi connectivity index (χ2v) is 8.39. The molecule has 128 valence electrons. The van der Waals surface area contributed by atoms with Crippen LogP contribution in [0.15, 0.2) is 40.9 Å². The SMILES string of the molecule is Cc1ccc2nc(N3CC(C(=O)Nc4ccc(Br)c(C)c4)C3)sc2c1. The first-order valence-corrected chi connectivity index (χ1v) is 9.80. The molecule has 0 radical (unpaired) electrons. The molecule has 1 fully saturated rings. The van der Waals surface area contributed by atoms with Gasteiger partial charge in [-0.05, 0) is 55.3 Å². The van der Waals surface area contributed by atoms with E-state index >= 15 is 0 Å². The number of hydrogen-bond acceptors (Lipinski definition) is 4. The fraction of sp³-hybridized carbons (Fsp3) is 0.263. The number of amides is 1. The molecule has 1 saturated heterocycles. The van der Waals surface area contributed by atoms with Crippen molar-refractivity contribution < 1.29 is 4.79 Å². The topological polar surface area (TPSA) is 45.2 Å². The van der Waals surface area contributed by atoms with E-state index in [1.54, 1.807) is 11.3 Å². The number of thiazole rings is 1. The normalized spacial score (nSPS) is 14.6. The highest BCUT2D eigenvalue weighted by Gasteiger charge is 2.34. The summed E-state index contributed by atoms with van der Waals surface area (Å²) in [7, 11) is 0. The van der Waals surface area contributed by atoms with Crippen LogP contribution in [0.2, 0.25) is 0 Å². The fourth-order valence-corrected chi connectivity index (χ4v) is 4.25. The van der Waals surface area contributed by atoms with Crippen molar-refractivity contribution in [1.29, 1.82) is 0 Å². The third-order valence-corrected chi connectivity index (χ3v) is 6.45. The first kappa shape index (κ1) is 16.5. The molecule has 0 unspecified atom stereocenters. The molecule has 2 heterocycles. The molecule has 1 N–H and O–H groups in total. The van der Waals surface area contributed by atoms with Crippen LogP contribution in [0.3, 0.4) is 0 Å². The number of rotatable bonds is 3. The number of nitrogens with zero attached hydrogens (tertiary/aromatic N) is 2. The Kier molecular flexibility index (Phi) is 4.25. The number of benzene rings is 2. The van der Waals surface area contributed by atoms with Crippen molar-refractivity contribution in [2.45, 2.75) is 13.8 Å². The van der Waals surface area contributed by atoms with E-state index in [9.17, 15) is 4.79 Å². The van der Waals surface area contributed by atoms with Crippen molar-refractivity contribution in [2.75, 3.05) is 23.3 Å². The van der Waals surface area contributed by atoms with E-state index < -0.39 is 0 Å². The zero-order chi connectivity index (χ0) is 17.6. The Morgan fingerprint density at radius 2 is 2.04 bits per heavy atom. The fourth-order valence-electron chi connectivity index (χ4n) is 2.92. The van der Waals surface area contributed by atoms with Gasteiger partial charge >= 0.3 is 0 Å². The number of hydrogen-bond donors (Lipinski definition) is 1. The van der Waals surface area contributed by atoms with Gasteiger partial charge in [-0.2, -0.15) is 0 Å². The molecule has 0 saturated carbocycles. The summed E-state index contributed by atoms with van der Waals surface area (Å²) < 4.78 is 2.25. The molecule has 1 aliphatic rings. The molecule has 3 aromatic rings. The summed E-state index contributed by atoms with van der Waals surface area (Å²) >= 11 is 5.17. The molecule has 25 heavy (non-hydrogen) atoms. The van der Waals surface area contributed by atoms with E-state index in [0.717, 1.165) is 39.5 Å². The molecule has 0 spiro atoms. The maximum Gasteiger partial charge on any atom is 0.231 e. The standard InChI is InChI=1S/C19H18BrN3OS/c1-11-3-6-16-17(7-11)25-19(22-16)23-9-13(10-23)18(24)21-14-4-5-15(20)12(2)8-14/h3-8,13H,9-10H2,1-2H3,(H,21,24). The third-order valence-electron chi connectivity index (χ3n) is 4.48. The summed E-state index contributed by atoms with van der Waals surface area (Å²) in [6, 6.07) is 12.2. The van der Waals surface area contributed by atoms with E-state index in [1.165, 1.54) is 10.3 Å². The second kappa shape index (κ2) is 6.42. The van der Waals surface area contributed by atoms with Gasteiger partial charge < -0.3 is 10.2 Å². The minimum atomic E-state index is 0.0118. The van der Waals surface area contributed by atoms with Crippen molar-refractivity contribution in [1.82, 2.24) is 4.98 Å². The Morgan fingerprint density at radius 1 is 1.24 bits per heavy atom. The van der Waals surface area contributed by atoms with Gasteiger partial charge in [0.25, 0.3) is 0 Å². The summed E-state index contributed by atoms with van der Waals surface area (Å²) in [5, 5.41) is 4.02. The van der Waals surface area contributed by atoms with Crippen LogP contribution >= 0.6 is 27.3 Å². The van der Waals surface area contributed by atoms with Gasteiger partial charge in [0.15, 0.2) is 5.13 Å². The molecule has 0 aliphatic carbocycles. The maximum atomic E-state index is 12.4. The van der Waals surface area contributed by atoms with Crippen molar-refractivity contribution in [3.05, 3.63) is 52.0 Å². The lowest BCUT2D eigenvalue weighted by Gasteiger charge is -2.37. The van der Waals surface area contributed by atoms with Crippen molar-refractivity contribution >= 4 is 54.2 Å². The Balaban J connectivity index is 1.40. The largest absolute Gasteiger partial charge is 0.346 e. The molecule has 6 heteroatoms. The minimum absolute atomic E-state index is 0.0118. The second-order valence-electron chi connectivity index (χ2n) is 6.52. The van der Waals surface area contributed by atoms with E-state index in [2.05, 4.69) is 56.3 Å². The van der Waals surface area contributed by atoms with Gasteiger partial charge in [0.2, 0.25) is 5.91 Å². The number of nitrogens with one attached hydrogen (secondary N) is 1. The number of aromatic nitrogens is 1. The van der Waals surface area contributed by atoms with Crippen LogP contribution in [-0.4, -0.2) is 24.0 Å². The van der Waals surface area contributed by atoms with Crippen molar-refractivity contribution in [3.63, 3.8) is 0 Å². The monoisotopic (exact) mass is 415 g/mol. The quantitative estimate of drug-likeness (QED) is 0.670. The number of halogens is 1. The van der Waals surface area contributed by atoms with E-state index in [4.69, 9.17) is 0 Å². The Morgan fingerprint density at radius 3 is 2.80 bits per heavy atom. The highest BCUT2D eigenvalue weighted by molar-refractivity contribution is 9.10. The molecule has 1 aliphatic heterocycles. The summed E-state index contributed by atoms with van der Waals surface area (Å²) in [5.41, 5.74) is 4.23. The van der Waals surface area contributed by atoms with Gasteiger partial charge in [-0.15, -0.1) is 0 Å². The Labute approximate surface area is 159 Å². The van der Waals surface area contributed by atoms with Crippen LogP contribution in [-0.2, 0) is 4.79 Å². The lowest BCUT2D eigenvalue weighted by Crippen LogP contribution is -2.52. The van der Waals surface area contributed by atoms with E-state index in [0.29, 0.717) is 0 Å². The van der Waals surface area contributed by atoms with Crippen LogP contribution in [0.5, 0.6) is 0 Å². The lowest BCUT2D eigenvalue weighted by atomic mass is 10.00. The molecule has 0 atom stereocenters. The number of anilines is 2. The number of aryl methyl sites for hydroxylation is 2. The Hall–Kier alpha value is -1.92. The predicted octanol–water partition coefficient (Wildman–Crippen LogP) is 4.75. The molecule has 0 bridgehead atoms. The van der Waals surface area contributed by atoms with Crippen LogP contribution in [0.1, 0.15) is 11.1 Å². The Bertz CT molecular complexity index is 962. The highest BCUT2D eigenvalue weighted by atomic mass is 79.9. The van der Waals surface area contributed by atoms with E-state index in [-0.39, 0.29) is 11.8 Å². The van der Waals surface area contributed by atoms with Gasteiger partial charge in [0.1, 0.15) is 0 Å². The number of carbonyl (C=O) groups excluding carboxylic acids is 1.